The van der Waals surface area contributed by atoms with E-state index in [4.69, 9.17) is 5.73 Å². The zero-order valence-electron chi connectivity index (χ0n) is 13.1. The van der Waals surface area contributed by atoms with Crippen molar-refractivity contribution >= 4 is 39.9 Å². The number of hydrogen-bond donors (Lipinski definition) is 2. The van der Waals surface area contributed by atoms with Crippen molar-refractivity contribution in [3.05, 3.63) is 28.2 Å². The van der Waals surface area contributed by atoms with Gasteiger partial charge in [0.1, 0.15) is 0 Å². The Labute approximate surface area is 142 Å². The molecule has 0 aromatic heterocycles. The molecular formula is C15H25BrClN3O. The van der Waals surface area contributed by atoms with Gasteiger partial charge >= 0.3 is 0 Å². The van der Waals surface area contributed by atoms with Crippen LogP contribution in [0, 0.1) is 12.3 Å². The summed E-state index contributed by atoms with van der Waals surface area (Å²) in [6.07, 6.45) is 0. The van der Waals surface area contributed by atoms with Crippen molar-refractivity contribution in [2.24, 2.45) is 11.1 Å². The highest BCUT2D eigenvalue weighted by Gasteiger charge is 2.19. The number of carbonyl (C=O) groups excluding carboxylic acids is 1. The molecule has 1 aromatic carbocycles. The first kappa shape index (κ1) is 20.4. The summed E-state index contributed by atoms with van der Waals surface area (Å²) in [5.74, 6) is -0.0233. The average molecular weight is 379 g/mol. The maximum atomic E-state index is 12.0. The Morgan fingerprint density at radius 3 is 2.57 bits per heavy atom. The van der Waals surface area contributed by atoms with Crippen LogP contribution in [0.5, 0.6) is 0 Å². The van der Waals surface area contributed by atoms with Crippen molar-refractivity contribution in [3.63, 3.8) is 0 Å². The Hall–Kier alpha value is -0.620. The van der Waals surface area contributed by atoms with Crippen LogP contribution in [0.25, 0.3) is 0 Å². The summed E-state index contributed by atoms with van der Waals surface area (Å²) in [6.45, 7) is 7.94. The van der Waals surface area contributed by atoms with Crippen molar-refractivity contribution in [2.75, 3.05) is 32.0 Å². The number of amides is 1. The van der Waals surface area contributed by atoms with Gasteiger partial charge in [0.05, 0.1) is 12.2 Å². The monoisotopic (exact) mass is 377 g/mol. The van der Waals surface area contributed by atoms with Crippen LogP contribution >= 0.6 is 28.3 Å². The molecule has 0 fully saturated rings. The van der Waals surface area contributed by atoms with Crippen molar-refractivity contribution < 1.29 is 4.79 Å². The summed E-state index contributed by atoms with van der Waals surface area (Å²) >= 11 is 3.46. The zero-order chi connectivity index (χ0) is 15.3. The fourth-order valence-corrected chi connectivity index (χ4v) is 2.60. The van der Waals surface area contributed by atoms with Crippen molar-refractivity contribution in [1.82, 2.24) is 4.90 Å². The van der Waals surface area contributed by atoms with Crippen molar-refractivity contribution in [3.8, 4) is 0 Å². The molecule has 0 heterocycles. The maximum Gasteiger partial charge on any atom is 0.238 e. The molecule has 0 spiro atoms. The number of rotatable bonds is 6. The van der Waals surface area contributed by atoms with Crippen LogP contribution < -0.4 is 11.1 Å². The van der Waals surface area contributed by atoms with Crippen LogP contribution in [0.4, 0.5) is 5.69 Å². The first-order valence-electron chi connectivity index (χ1n) is 6.68. The van der Waals surface area contributed by atoms with Gasteiger partial charge in [-0.25, -0.2) is 0 Å². The second-order valence-electron chi connectivity index (χ2n) is 6.07. The second kappa shape index (κ2) is 8.73. The van der Waals surface area contributed by atoms with Crippen molar-refractivity contribution in [1.29, 1.82) is 0 Å². The van der Waals surface area contributed by atoms with E-state index in [1.165, 1.54) is 0 Å². The minimum atomic E-state index is -0.0233. The van der Waals surface area contributed by atoms with Crippen molar-refractivity contribution in [2.45, 2.75) is 20.8 Å². The topological polar surface area (TPSA) is 58.4 Å². The largest absolute Gasteiger partial charge is 0.330 e. The lowest BCUT2D eigenvalue weighted by Crippen LogP contribution is -2.40. The van der Waals surface area contributed by atoms with Crippen LogP contribution in [0.15, 0.2) is 22.7 Å². The number of nitrogens with one attached hydrogen (secondary N) is 1. The number of anilines is 1. The molecule has 0 aliphatic heterocycles. The predicted molar refractivity (Wildman–Crippen MR) is 95.1 cm³/mol. The highest BCUT2D eigenvalue weighted by molar-refractivity contribution is 9.10. The zero-order valence-corrected chi connectivity index (χ0v) is 15.5. The second-order valence-corrected chi connectivity index (χ2v) is 6.93. The lowest BCUT2D eigenvalue weighted by molar-refractivity contribution is -0.117. The summed E-state index contributed by atoms with van der Waals surface area (Å²) in [4.78, 5) is 14.0. The molecule has 0 radical (unpaired) electrons. The van der Waals surface area contributed by atoms with Gasteiger partial charge in [0.25, 0.3) is 0 Å². The number of nitrogens with zero attached hydrogens (tertiary/aromatic N) is 1. The molecule has 0 atom stereocenters. The molecule has 4 nitrogen and oxygen atoms in total. The molecule has 6 heteroatoms. The summed E-state index contributed by atoms with van der Waals surface area (Å²) in [5, 5.41) is 2.91. The van der Waals surface area contributed by atoms with Crippen LogP contribution in [-0.4, -0.2) is 37.5 Å². The van der Waals surface area contributed by atoms with E-state index in [0.29, 0.717) is 13.1 Å². The summed E-state index contributed by atoms with van der Waals surface area (Å²) in [5.41, 5.74) is 7.67. The molecule has 1 amide bonds. The Morgan fingerprint density at radius 2 is 2.05 bits per heavy atom. The van der Waals surface area contributed by atoms with Gasteiger partial charge in [0, 0.05) is 11.0 Å². The fourth-order valence-electron chi connectivity index (χ4n) is 2.01. The van der Waals surface area contributed by atoms with Gasteiger partial charge in [-0.2, -0.15) is 0 Å². The SMILES string of the molecule is Cc1ccc(NC(=O)CN(C)CC(C)(C)CN)c(Br)c1.Cl. The summed E-state index contributed by atoms with van der Waals surface area (Å²) in [7, 11) is 1.93. The molecule has 1 aromatic rings. The van der Waals surface area contributed by atoms with E-state index >= 15 is 0 Å². The number of aryl methyl sites for hydroxylation is 1. The summed E-state index contributed by atoms with van der Waals surface area (Å²) < 4.78 is 0.899. The standard InChI is InChI=1S/C15H24BrN3O.ClH/c1-11-5-6-13(12(16)7-11)18-14(20)8-19(4)10-15(2,3)9-17;/h5-7H,8-10,17H2,1-4H3,(H,18,20);1H. The molecule has 0 saturated carbocycles. The predicted octanol–water partition coefficient (Wildman–Crippen LogP) is 3.03. The number of hydrogen-bond acceptors (Lipinski definition) is 3. The molecule has 120 valence electrons. The molecule has 0 aliphatic rings. The number of likely N-dealkylation sites (N-methyl/N-ethyl adjacent to an activating group) is 1. The van der Waals surface area contributed by atoms with Crippen LogP contribution in [0.3, 0.4) is 0 Å². The van der Waals surface area contributed by atoms with Gasteiger partial charge in [-0.3, -0.25) is 9.69 Å². The minimum Gasteiger partial charge on any atom is -0.330 e. The van der Waals surface area contributed by atoms with E-state index in [0.717, 1.165) is 22.3 Å². The third-order valence-electron chi connectivity index (χ3n) is 3.06. The van der Waals surface area contributed by atoms with Gasteiger partial charge < -0.3 is 11.1 Å². The average Bonchev–Trinajstić information content (AvgIpc) is 2.32. The molecule has 1 rings (SSSR count). The molecule has 0 aliphatic carbocycles. The van der Waals surface area contributed by atoms with Gasteiger partial charge in [0.15, 0.2) is 0 Å². The van der Waals surface area contributed by atoms with Gasteiger partial charge in [0.2, 0.25) is 5.91 Å². The Bertz CT molecular complexity index is 480. The smallest absolute Gasteiger partial charge is 0.238 e. The third kappa shape index (κ3) is 7.27. The highest BCUT2D eigenvalue weighted by atomic mass is 79.9. The first-order valence-corrected chi connectivity index (χ1v) is 7.47. The minimum absolute atomic E-state index is 0. The Morgan fingerprint density at radius 1 is 1.43 bits per heavy atom. The van der Waals surface area contributed by atoms with E-state index in [9.17, 15) is 4.79 Å². The fraction of sp³-hybridized carbons (Fsp3) is 0.533. The molecule has 0 bridgehead atoms. The van der Waals surface area contributed by atoms with Crippen LogP contribution in [0.1, 0.15) is 19.4 Å². The van der Waals surface area contributed by atoms with E-state index in [-0.39, 0.29) is 23.7 Å². The number of carbonyl (C=O) groups is 1. The lowest BCUT2D eigenvalue weighted by atomic mass is 9.93. The Kier molecular flexibility index (Phi) is 8.48. The van der Waals surface area contributed by atoms with Gasteiger partial charge in [-0.15, -0.1) is 12.4 Å². The normalized spacial score (nSPS) is 11.2. The molecule has 0 saturated heterocycles. The number of benzene rings is 1. The molecule has 21 heavy (non-hydrogen) atoms. The number of halogens is 2. The highest BCUT2D eigenvalue weighted by Crippen LogP contribution is 2.23. The van der Waals surface area contributed by atoms with Crippen LogP contribution in [0.2, 0.25) is 0 Å². The van der Waals surface area contributed by atoms with E-state index in [1.54, 1.807) is 0 Å². The lowest BCUT2D eigenvalue weighted by Gasteiger charge is -2.28. The van der Waals surface area contributed by atoms with Gasteiger partial charge in [-0.1, -0.05) is 19.9 Å². The summed E-state index contributed by atoms with van der Waals surface area (Å²) in [6, 6.07) is 5.86. The first-order chi connectivity index (χ1) is 9.23. The molecular weight excluding hydrogens is 354 g/mol. The molecule has 0 unspecified atom stereocenters. The Balaban J connectivity index is 0.00000400. The van der Waals surface area contributed by atoms with E-state index in [1.807, 2.05) is 37.1 Å². The van der Waals surface area contributed by atoms with E-state index < -0.39 is 0 Å². The van der Waals surface area contributed by atoms with Gasteiger partial charge in [-0.05, 0) is 59.6 Å². The van der Waals surface area contributed by atoms with E-state index in [2.05, 4.69) is 35.1 Å². The third-order valence-corrected chi connectivity index (χ3v) is 3.72. The quantitative estimate of drug-likeness (QED) is 0.800. The molecule has 3 N–H and O–H groups in total. The maximum absolute atomic E-state index is 12.0. The van der Waals surface area contributed by atoms with Crippen LogP contribution in [-0.2, 0) is 4.79 Å². The number of nitrogens with two attached hydrogens (primary N) is 1.